The number of halogens is 3. The Labute approximate surface area is 196 Å². The summed E-state index contributed by atoms with van der Waals surface area (Å²) in [5.41, 5.74) is 0.413. The van der Waals surface area contributed by atoms with E-state index >= 15 is 0 Å². The van der Waals surface area contributed by atoms with E-state index in [1.54, 1.807) is 26.0 Å². The molecule has 1 aliphatic heterocycles. The summed E-state index contributed by atoms with van der Waals surface area (Å²) in [6.07, 6.45) is -4.60. The van der Waals surface area contributed by atoms with Crippen LogP contribution in [0.25, 0.3) is 0 Å². The Bertz CT molecular complexity index is 1170. The summed E-state index contributed by atoms with van der Waals surface area (Å²) in [5.74, 6) is 0.0670. The Morgan fingerprint density at radius 1 is 1.21 bits per heavy atom. The van der Waals surface area contributed by atoms with Crippen molar-refractivity contribution >= 4 is 15.9 Å². The number of ether oxygens (including phenoxy) is 2. The van der Waals surface area contributed by atoms with Gasteiger partial charge >= 0.3 is 6.18 Å². The predicted molar refractivity (Wildman–Crippen MR) is 116 cm³/mol. The highest BCUT2D eigenvalue weighted by Gasteiger charge is 2.42. The minimum Gasteiger partial charge on any atom is -0.497 e. The average molecular weight is 505 g/mol. The number of sulfonamides is 1. The lowest BCUT2D eigenvalue weighted by atomic mass is 10.1. The summed E-state index contributed by atoms with van der Waals surface area (Å²) < 4.78 is 78.2. The lowest BCUT2D eigenvalue weighted by Gasteiger charge is -2.21. The number of hydrogen-bond acceptors (Lipinski definition) is 6. The molecule has 0 unspecified atom stereocenters. The number of carbonyl (C=O) groups is 1. The minimum absolute atomic E-state index is 0.00140. The van der Waals surface area contributed by atoms with Gasteiger partial charge < -0.3 is 14.4 Å². The molecular weight excluding hydrogens is 477 g/mol. The van der Waals surface area contributed by atoms with E-state index < -0.39 is 27.8 Å². The first-order valence-electron chi connectivity index (χ1n) is 10.4. The Kier molecular flexibility index (Phi) is 7.29. The number of alkyl halides is 3. The van der Waals surface area contributed by atoms with E-state index in [-0.39, 0.29) is 43.3 Å². The molecule has 1 aromatic carbocycles. The molecule has 3 rings (SSSR count). The zero-order valence-corrected chi connectivity index (χ0v) is 20.4. The van der Waals surface area contributed by atoms with Crippen LogP contribution in [0.4, 0.5) is 13.2 Å². The third-order valence-electron chi connectivity index (χ3n) is 5.70. The molecule has 0 atom stereocenters. The molecule has 34 heavy (non-hydrogen) atoms. The summed E-state index contributed by atoms with van der Waals surface area (Å²) >= 11 is 0. The second kappa shape index (κ2) is 9.55. The lowest BCUT2D eigenvalue weighted by molar-refractivity contribution is -0.143. The number of carbonyl (C=O) groups excluding carboxylic acids is 1. The average Bonchev–Trinajstić information content (AvgIpc) is 3.30. The van der Waals surface area contributed by atoms with Gasteiger partial charge in [0.15, 0.2) is 5.69 Å². The highest BCUT2D eigenvalue weighted by Crippen LogP contribution is 2.36. The molecule has 1 amide bonds. The SMILES string of the molecule is COc1cc(C)c(S(=O)(=O)N(C)CCOCC(=O)N2Cc3c(C(F)(F)F)nn(C)c3C2)c(C)c1. The predicted octanol–water partition coefficient (Wildman–Crippen LogP) is 2.24. The summed E-state index contributed by atoms with van der Waals surface area (Å²) in [7, 11) is 0.505. The van der Waals surface area contributed by atoms with Gasteiger partial charge in [-0.25, -0.2) is 8.42 Å². The molecule has 0 fully saturated rings. The van der Waals surface area contributed by atoms with E-state index in [9.17, 15) is 26.4 Å². The number of aromatic nitrogens is 2. The summed E-state index contributed by atoms with van der Waals surface area (Å²) in [6.45, 7) is 2.70. The fourth-order valence-electron chi connectivity index (χ4n) is 3.95. The monoisotopic (exact) mass is 504 g/mol. The van der Waals surface area contributed by atoms with Crippen LogP contribution in [0.1, 0.15) is 28.1 Å². The van der Waals surface area contributed by atoms with Crippen LogP contribution >= 0.6 is 0 Å². The van der Waals surface area contributed by atoms with Gasteiger partial charge in [-0.1, -0.05) is 0 Å². The Hall–Kier alpha value is -2.64. The van der Waals surface area contributed by atoms with Gasteiger partial charge in [0.05, 0.1) is 37.4 Å². The van der Waals surface area contributed by atoms with Gasteiger partial charge in [-0.05, 0) is 37.1 Å². The molecule has 0 radical (unpaired) electrons. The fourth-order valence-corrected chi connectivity index (χ4v) is 5.51. The quantitative estimate of drug-likeness (QED) is 0.512. The van der Waals surface area contributed by atoms with Crippen LogP contribution < -0.4 is 4.74 Å². The van der Waals surface area contributed by atoms with Crippen LogP contribution in [0.2, 0.25) is 0 Å². The molecule has 0 aliphatic carbocycles. The van der Waals surface area contributed by atoms with Crippen LogP contribution in [0.5, 0.6) is 5.75 Å². The van der Waals surface area contributed by atoms with E-state index in [2.05, 4.69) is 5.10 Å². The molecule has 188 valence electrons. The van der Waals surface area contributed by atoms with Crippen LogP contribution in [0.3, 0.4) is 0 Å². The molecule has 9 nitrogen and oxygen atoms in total. The van der Waals surface area contributed by atoms with Crippen molar-refractivity contribution < 1.29 is 35.9 Å². The van der Waals surface area contributed by atoms with E-state index in [4.69, 9.17) is 9.47 Å². The zero-order chi connectivity index (χ0) is 25.4. The van der Waals surface area contributed by atoms with Crippen molar-refractivity contribution in [2.45, 2.75) is 38.0 Å². The topological polar surface area (TPSA) is 94.0 Å². The molecule has 0 N–H and O–H groups in total. The standard InChI is InChI=1S/C21H27F3N4O5S/c1-13-8-15(32-5)9-14(2)19(13)34(30,31)26(3)6-7-33-12-18(29)28-10-16-17(11-28)27(4)25-20(16)21(22,23)24/h8-9H,6-7,10-12H2,1-5H3. The van der Waals surface area contributed by atoms with Crippen molar-refractivity contribution in [1.29, 1.82) is 0 Å². The maximum Gasteiger partial charge on any atom is 0.435 e. The van der Waals surface area contributed by atoms with Crippen molar-refractivity contribution in [3.8, 4) is 5.75 Å². The first kappa shape index (κ1) is 26.0. The number of hydrogen-bond donors (Lipinski definition) is 0. The number of nitrogens with zero attached hydrogens (tertiary/aromatic N) is 4. The number of fused-ring (bicyclic) bond motifs is 1. The van der Waals surface area contributed by atoms with Crippen LogP contribution in [0.15, 0.2) is 17.0 Å². The third-order valence-corrected chi connectivity index (χ3v) is 7.86. The highest BCUT2D eigenvalue weighted by atomic mass is 32.2. The number of methoxy groups -OCH3 is 1. The van der Waals surface area contributed by atoms with Crippen molar-refractivity contribution in [2.75, 3.05) is 33.9 Å². The largest absolute Gasteiger partial charge is 0.497 e. The third kappa shape index (κ3) is 5.05. The molecule has 1 aromatic heterocycles. The zero-order valence-electron chi connectivity index (χ0n) is 19.6. The number of rotatable bonds is 8. The Balaban J connectivity index is 1.55. The fraction of sp³-hybridized carbons (Fsp3) is 0.524. The number of amides is 1. The maximum absolute atomic E-state index is 13.2. The van der Waals surface area contributed by atoms with Gasteiger partial charge in [0.2, 0.25) is 15.9 Å². The van der Waals surface area contributed by atoms with Crippen molar-refractivity contribution in [3.05, 3.63) is 40.2 Å². The van der Waals surface area contributed by atoms with Gasteiger partial charge in [-0.2, -0.15) is 22.6 Å². The van der Waals surface area contributed by atoms with Crippen molar-refractivity contribution in [3.63, 3.8) is 0 Å². The van der Waals surface area contributed by atoms with Gasteiger partial charge in [-0.15, -0.1) is 0 Å². The first-order valence-corrected chi connectivity index (χ1v) is 11.8. The molecule has 0 spiro atoms. The first-order chi connectivity index (χ1) is 15.8. The molecule has 13 heteroatoms. The molecule has 0 saturated heterocycles. The van der Waals surface area contributed by atoms with E-state index in [0.29, 0.717) is 22.6 Å². The Morgan fingerprint density at radius 3 is 2.38 bits per heavy atom. The molecule has 0 saturated carbocycles. The van der Waals surface area contributed by atoms with Gasteiger partial charge in [-0.3, -0.25) is 9.48 Å². The van der Waals surface area contributed by atoms with Gasteiger partial charge in [0.25, 0.3) is 0 Å². The van der Waals surface area contributed by atoms with E-state index in [1.165, 1.54) is 26.1 Å². The van der Waals surface area contributed by atoms with Crippen molar-refractivity contribution in [1.82, 2.24) is 19.0 Å². The van der Waals surface area contributed by atoms with Crippen molar-refractivity contribution in [2.24, 2.45) is 7.05 Å². The van der Waals surface area contributed by atoms with E-state index in [0.717, 1.165) is 8.99 Å². The molecule has 2 heterocycles. The lowest BCUT2D eigenvalue weighted by Crippen LogP contribution is -2.34. The van der Waals surface area contributed by atoms with Crippen LogP contribution in [-0.4, -0.2) is 67.2 Å². The molecule has 2 aromatic rings. The minimum atomic E-state index is -4.60. The van der Waals surface area contributed by atoms with Crippen LogP contribution in [0, 0.1) is 13.8 Å². The van der Waals surface area contributed by atoms with E-state index in [1.807, 2.05) is 0 Å². The van der Waals surface area contributed by atoms with Crippen LogP contribution in [-0.2, 0) is 45.9 Å². The summed E-state index contributed by atoms with van der Waals surface area (Å²) in [5, 5.41) is 3.52. The maximum atomic E-state index is 13.2. The number of benzene rings is 1. The second-order valence-corrected chi connectivity index (χ2v) is 10.1. The second-order valence-electron chi connectivity index (χ2n) is 8.11. The summed E-state index contributed by atoms with van der Waals surface area (Å²) in [4.78, 5) is 13.9. The number of aryl methyl sites for hydroxylation is 3. The summed E-state index contributed by atoms with van der Waals surface area (Å²) in [6, 6.07) is 3.27. The molecule has 0 bridgehead atoms. The highest BCUT2D eigenvalue weighted by molar-refractivity contribution is 7.89. The smallest absolute Gasteiger partial charge is 0.435 e. The van der Waals surface area contributed by atoms with Gasteiger partial charge in [0, 0.05) is 26.2 Å². The molecular formula is C21H27F3N4O5S. The molecule has 1 aliphatic rings. The normalized spacial score (nSPS) is 14.1. The van der Waals surface area contributed by atoms with Gasteiger partial charge in [0.1, 0.15) is 12.4 Å². The Morgan fingerprint density at radius 2 is 1.82 bits per heavy atom. The number of likely N-dealkylation sites (N-methyl/N-ethyl adjacent to an activating group) is 1.